The van der Waals surface area contributed by atoms with Crippen molar-refractivity contribution in [1.29, 1.82) is 5.26 Å². The van der Waals surface area contributed by atoms with Gasteiger partial charge in [-0.15, -0.1) is 0 Å². The number of nitrogens with zero attached hydrogens (tertiary/aromatic N) is 2. The summed E-state index contributed by atoms with van der Waals surface area (Å²) in [6.45, 7) is 0.240. The highest BCUT2D eigenvalue weighted by Crippen LogP contribution is 2.40. The van der Waals surface area contributed by atoms with Gasteiger partial charge in [-0.05, 0) is 41.0 Å². The topological polar surface area (TPSA) is 79.5 Å². The molecule has 1 aliphatic heterocycles. The first-order valence-electron chi connectivity index (χ1n) is 11.7. The third-order valence-corrected chi connectivity index (χ3v) is 7.38. The predicted octanol–water partition coefficient (Wildman–Crippen LogP) is 5.76. The van der Waals surface area contributed by atoms with E-state index in [9.17, 15) is 13.7 Å². The van der Waals surface area contributed by atoms with Gasteiger partial charge in [-0.25, -0.2) is 12.8 Å². The molecule has 184 valence electrons. The van der Waals surface area contributed by atoms with E-state index in [-0.39, 0.29) is 17.9 Å². The zero-order valence-electron chi connectivity index (χ0n) is 20.1. The van der Waals surface area contributed by atoms with Crippen molar-refractivity contribution in [3.05, 3.63) is 119 Å². The van der Waals surface area contributed by atoms with Crippen molar-refractivity contribution in [3.63, 3.8) is 0 Å². The van der Waals surface area contributed by atoms with E-state index in [0.29, 0.717) is 28.2 Å². The van der Waals surface area contributed by atoms with Crippen LogP contribution in [-0.4, -0.2) is 26.4 Å². The van der Waals surface area contributed by atoms with Gasteiger partial charge in [0.2, 0.25) is 0 Å². The number of ether oxygens (including phenoxy) is 1. The Kier molecular flexibility index (Phi) is 6.60. The first-order chi connectivity index (χ1) is 17.8. The normalized spacial score (nSPS) is 12.9. The molecule has 1 heterocycles. The fourth-order valence-electron chi connectivity index (χ4n) is 4.39. The lowest BCUT2D eigenvalue weighted by molar-refractivity contribution is 0.301. The van der Waals surface area contributed by atoms with E-state index in [4.69, 9.17) is 9.73 Å². The molecule has 0 amide bonds. The molecule has 0 aromatic heterocycles. The maximum atomic E-state index is 15.4. The van der Waals surface area contributed by atoms with Crippen molar-refractivity contribution in [2.75, 3.05) is 6.26 Å². The molecular formula is C30H23FN2O3S. The van der Waals surface area contributed by atoms with Crippen LogP contribution in [0.2, 0.25) is 0 Å². The molecule has 7 heteroatoms. The smallest absolute Gasteiger partial charge is 0.175 e. The monoisotopic (exact) mass is 510 g/mol. The number of rotatable bonds is 6. The third kappa shape index (κ3) is 5.16. The Bertz CT molecular complexity index is 1600. The van der Waals surface area contributed by atoms with E-state index in [1.54, 1.807) is 18.2 Å². The van der Waals surface area contributed by atoms with Crippen molar-refractivity contribution in [1.82, 2.24) is 0 Å². The molecule has 0 N–H and O–H groups in total. The second kappa shape index (κ2) is 10.00. The minimum atomic E-state index is -3.42. The summed E-state index contributed by atoms with van der Waals surface area (Å²) in [5.41, 5.74) is 4.57. The molecule has 0 spiro atoms. The summed E-state index contributed by atoms with van der Waals surface area (Å²) in [5, 5.41) is 9.93. The van der Waals surface area contributed by atoms with Crippen molar-refractivity contribution in [2.45, 2.75) is 24.0 Å². The average Bonchev–Trinajstić information content (AvgIpc) is 2.91. The highest BCUT2D eigenvalue weighted by atomic mass is 32.2. The van der Waals surface area contributed by atoms with Gasteiger partial charge in [0.25, 0.3) is 0 Å². The maximum absolute atomic E-state index is 15.4. The second-order valence-corrected chi connectivity index (χ2v) is 10.9. The first-order valence-corrected chi connectivity index (χ1v) is 13.6. The summed E-state index contributed by atoms with van der Waals surface area (Å²) in [4.78, 5) is 4.90. The van der Waals surface area contributed by atoms with E-state index in [0.717, 1.165) is 22.9 Å². The van der Waals surface area contributed by atoms with Crippen LogP contribution in [0.3, 0.4) is 0 Å². The Balaban J connectivity index is 1.52. The molecule has 37 heavy (non-hydrogen) atoms. The largest absolute Gasteiger partial charge is 0.488 e. The SMILES string of the molecule is CS(=O)(=O)c1ccc2c(c1)-c1cc(F)c(CC(C#N)N=C(c3ccccc3)c3ccccc3)cc1OC2. The van der Waals surface area contributed by atoms with E-state index in [2.05, 4.69) is 6.07 Å². The standard InChI is InChI=1S/C30H23FN2O3S/c1-37(34,35)25-13-12-22-19-36-29-15-23(28(31)17-27(29)26(22)16-25)14-24(18-32)33-30(20-8-4-2-5-9-20)21-10-6-3-7-11-21/h2-13,15-17,24H,14,19H2,1H3. The van der Waals surface area contributed by atoms with Crippen LogP contribution in [0.4, 0.5) is 4.39 Å². The molecule has 1 unspecified atom stereocenters. The van der Waals surface area contributed by atoms with Crippen molar-refractivity contribution < 1.29 is 17.5 Å². The van der Waals surface area contributed by atoms with Crippen LogP contribution < -0.4 is 4.74 Å². The van der Waals surface area contributed by atoms with E-state index in [1.807, 2.05) is 60.7 Å². The van der Waals surface area contributed by atoms with Crippen LogP contribution in [-0.2, 0) is 22.9 Å². The average molecular weight is 511 g/mol. The Hall–Kier alpha value is -4.28. The molecule has 0 bridgehead atoms. The van der Waals surface area contributed by atoms with Gasteiger partial charge in [0.05, 0.1) is 16.7 Å². The lowest BCUT2D eigenvalue weighted by atomic mass is 9.94. The number of hydrogen-bond donors (Lipinski definition) is 0. The minimum Gasteiger partial charge on any atom is -0.488 e. The molecule has 4 aromatic carbocycles. The number of aliphatic imine (C=N–C) groups is 1. The number of hydrogen-bond acceptors (Lipinski definition) is 5. The summed E-state index contributed by atoms with van der Waals surface area (Å²) in [7, 11) is -3.42. The van der Waals surface area contributed by atoms with Crippen LogP contribution in [0.1, 0.15) is 22.3 Å². The number of sulfone groups is 1. The Morgan fingerprint density at radius 3 is 2.22 bits per heavy atom. The van der Waals surface area contributed by atoms with Gasteiger partial charge >= 0.3 is 0 Å². The summed E-state index contributed by atoms with van der Waals surface area (Å²) in [5.74, 6) is -0.0575. The van der Waals surface area contributed by atoms with Gasteiger partial charge in [-0.2, -0.15) is 5.26 Å². The third-order valence-electron chi connectivity index (χ3n) is 6.27. The van der Waals surface area contributed by atoms with E-state index in [1.165, 1.54) is 12.1 Å². The predicted molar refractivity (Wildman–Crippen MR) is 141 cm³/mol. The first kappa shape index (κ1) is 24.4. The van der Waals surface area contributed by atoms with Crippen LogP contribution in [0.5, 0.6) is 5.75 Å². The Morgan fingerprint density at radius 1 is 0.973 bits per heavy atom. The molecule has 0 aliphatic carbocycles. The van der Waals surface area contributed by atoms with Gasteiger partial charge < -0.3 is 4.74 Å². The zero-order chi connectivity index (χ0) is 26.0. The Labute approximate surface area is 215 Å². The highest BCUT2D eigenvalue weighted by molar-refractivity contribution is 7.90. The molecule has 4 aromatic rings. The number of fused-ring (bicyclic) bond motifs is 3. The lowest BCUT2D eigenvalue weighted by Crippen LogP contribution is -2.14. The van der Waals surface area contributed by atoms with Crippen molar-refractivity contribution >= 4 is 15.5 Å². The van der Waals surface area contributed by atoms with Crippen LogP contribution in [0.15, 0.2) is 101 Å². The summed E-state index contributed by atoms with van der Waals surface area (Å²) in [6, 6.07) is 28.2. The van der Waals surface area contributed by atoms with Gasteiger partial charge in [-0.1, -0.05) is 66.7 Å². The maximum Gasteiger partial charge on any atom is 0.175 e. The van der Waals surface area contributed by atoms with Gasteiger partial charge in [-0.3, -0.25) is 4.99 Å². The fourth-order valence-corrected chi connectivity index (χ4v) is 5.04. The molecule has 5 nitrogen and oxygen atoms in total. The van der Waals surface area contributed by atoms with Crippen molar-refractivity contribution in [2.24, 2.45) is 4.99 Å². The number of halogens is 1. The molecule has 0 radical (unpaired) electrons. The van der Waals surface area contributed by atoms with Gasteiger partial charge in [0, 0.05) is 29.4 Å². The van der Waals surface area contributed by atoms with Crippen LogP contribution >= 0.6 is 0 Å². The second-order valence-electron chi connectivity index (χ2n) is 8.88. The number of benzene rings is 4. The summed E-state index contributed by atoms with van der Waals surface area (Å²) < 4.78 is 45.3. The Morgan fingerprint density at radius 2 is 1.62 bits per heavy atom. The fraction of sp³-hybridized carbons (Fsp3) is 0.133. The summed E-state index contributed by atoms with van der Waals surface area (Å²) >= 11 is 0. The molecule has 1 aliphatic rings. The van der Waals surface area contributed by atoms with E-state index < -0.39 is 21.7 Å². The van der Waals surface area contributed by atoms with Crippen molar-refractivity contribution in [3.8, 4) is 22.9 Å². The molecular weight excluding hydrogens is 487 g/mol. The molecule has 0 saturated carbocycles. The minimum absolute atomic E-state index is 0.0539. The van der Waals surface area contributed by atoms with Gasteiger partial charge in [0.1, 0.15) is 24.2 Å². The van der Waals surface area contributed by atoms with Crippen LogP contribution in [0.25, 0.3) is 11.1 Å². The highest BCUT2D eigenvalue weighted by Gasteiger charge is 2.23. The van der Waals surface area contributed by atoms with Gasteiger partial charge in [0.15, 0.2) is 9.84 Å². The summed E-state index contributed by atoms with van der Waals surface area (Å²) in [6.07, 6.45) is 1.19. The molecule has 0 fully saturated rings. The number of nitriles is 1. The molecule has 0 saturated heterocycles. The molecule has 1 atom stereocenters. The zero-order valence-corrected chi connectivity index (χ0v) is 20.9. The quantitative estimate of drug-likeness (QED) is 0.309. The van der Waals surface area contributed by atoms with Crippen LogP contribution in [0, 0.1) is 17.1 Å². The molecule has 5 rings (SSSR count). The lowest BCUT2D eigenvalue weighted by Gasteiger charge is -2.22. The van der Waals surface area contributed by atoms with E-state index >= 15 is 4.39 Å².